The monoisotopic (exact) mass is 447 g/mol. The molecule has 1 aromatic rings. The van der Waals surface area contributed by atoms with Crippen molar-refractivity contribution in [3.05, 3.63) is 35.9 Å². The number of nitrogens with two attached hydrogens (primary N) is 2. The van der Waals surface area contributed by atoms with Gasteiger partial charge >= 0.3 is 0 Å². The average Bonchev–Trinajstić information content (AvgIpc) is 2.73. The normalized spacial score (nSPS) is 12.3. The standard InChI is InChI=1S/C21H33N7O4/c1-13(2)19(31)28-15(9-6-10-25-21(23)24)20(32)26-12-17(29)27-16(18(22)30)11-14-7-4-3-5-8-14/h3-5,7-8,13,15-16H,6,9-12H2,1-2H3,(H2,22,30)(H,26,32)(H,27,29)(H,28,31)(H4,23,24,25). The number of guanidine groups is 1. The van der Waals surface area contributed by atoms with Crippen molar-refractivity contribution < 1.29 is 19.2 Å². The Morgan fingerprint density at radius 3 is 2.16 bits per heavy atom. The molecule has 0 saturated carbocycles. The van der Waals surface area contributed by atoms with E-state index in [1.807, 2.05) is 30.3 Å². The molecule has 0 aromatic heterocycles. The number of hydrogen-bond acceptors (Lipinski definition) is 5. The van der Waals surface area contributed by atoms with E-state index in [2.05, 4.69) is 21.3 Å². The largest absolute Gasteiger partial charge is 0.370 e. The van der Waals surface area contributed by atoms with Crippen LogP contribution >= 0.6 is 0 Å². The highest BCUT2D eigenvalue weighted by atomic mass is 16.2. The van der Waals surface area contributed by atoms with E-state index in [0.29, 0.717) is 13.0 Å². The van der Waals surface area contributed by atoms with Crippen LogP contribution in [0.3, 0.4) is 0 Å². The van der Waals surface area contributed by atoms with E-state index in [4.69, 9.17) is 16.9 Å². The Labute approximate surface area is 187 Å². The third-order valence-corrected chi connectivity index (χ3v) is 4.53. The zero-order valence-electron chi connectivity index (χ0n) is 18.4. The van der Waals surface area contributed by atoms with Crippen LogP contribution in [0.5, 0.6) is 0 Å². The lowest BCUT2D eigenvalue weighted by atomic mass is 10.1. The summed E-state index contributed by atoms with van der Waals surface area (Å²) < 4.78 is 0. The fourth-order valence-corrected chi connectivity index (χ4v) is 2.74. The van der Waals surface area contributed by atoms with Crippen LogP contribution in [0.25, 0.3) is 0 Å². The lowest BCUT2D eigenvalue weighted by Gasteiger charge is -2.20. The fourth-order valence-electron chi connectivity index (χ4n) is 2.74. The van der Waals surface area contributed by atoms with E-state index in [0.717, 1.165) is 5.56 Å². The van der Waals surface area contributed by atoms with Gasteiger partial charge < -0.3 is 32.7 Å². The SMILES string of the molecule is CC(C)C(=O)NC(CCCNC(=N)N)C(=O)NCC(=O)NC(Cc1ccccc1)C(N)=O. The van der Waals surface area contributed by atoms with Crippen LogP contribution < -0.4 is 32.7 Å². The highest BCUT2D eigenvalue weighted by Crippen LogP contribution is 2.03. The molecule has 2 atom stereocenters. The molecule has 0 heterocycles. The van der Waals surface area contributed by atoms with E-state index in [9.17, 15) is 19.2 Å². The first kappa shape index (κ1) is 26.4. The molecule has 32 heavy (non-hydrogen) atoms. The van der Waals surface area contributed by atoms with Crippen LogP contribution in [0.2, 0.25) is 0 Å². The van der Waals surface area contributed by atoms with E-state index < -0.39 is 29.8 Å². The second-order valence-corrected chi connectivity index (χ2v) is 7.63. The minimum atomic E-state index is -0.920. The van der Waals surface area contributed by atoms with Crippen molar-refractivity contribution in [2.45, 2.75) is 45.2 Å². The molecule has 2 unspecified atom stereocenters. The van der Waals surface area contributed by atoms with Crippen molar-refractivity contribution in [2.24, 2.45) is 17.4 Å². The van der Waals surface area contributed by atoms with E-state index in [1.54, 1.807) is 13.8 Å². The summed E-state index contributed by atoms with van der Waals surface area (Å²) in [5.41, 5.74) is 11.4. The first-order chi connectivity index (χ1) is 15.1. The maximum atomic E-state index is 12.6. The quantitative estimate of drug-likeness (QED) is 0.112. The van der Waals surface area contributed by atoms with Crippen molar-refractivity contribution in [2.75, 3.05) is 13.1 Å². The van der Waals surface area contributed by atoms with Gasteiger partial charge in [-0.3, -0.25) is 24.6 Å². The first-order valence-corrected chi connectivity index (χ1v) is 10.4. The van der Waals surface area contributed by atoms with Gasteiger partial charge in [-0.2, -0.15) is 0 Å². The summed E-state index contributed by atoms with van der Waals surface area (Å²) in [6.07, 6.45) is 0.971. The van der Waals surface area contributed by atoms with Gasteiger partial charge in [-0.25, -0.2) is 0 Å². The van der Waals surface area contributed by atoms with Gasteiger partial charge in [0.1, 0.15) is 12.1 Å². The van der Waals surface area contributed by atoms with Gasteiger partial charge in [-0.05, 0) is 18.4 Å². The Hall–Kier alpha value is -3.63. The number of rotatable bonds is 13. The molecule has 176 valence electrons. The summed E-state index contributed by atoms with van der Waals surface area (Å²) in [6.45, 7) is 3.38. The molecule has 11 heteroatoms. The molecule has 0 aliphatic heterocycles. The van der Waals surface area contributed by atoms with Crippen molar-refractivity contribution in [3.8, 4) is 0 Å². The third kappa shape index (κ3) is 10.4. The third-order valence-electron chi connectivity index (χ3n) is 4.53. The maximum Gasteiger partial charge on any atom is 0.243 e. The summed E-state index contributed by atoms with van der Waals surface area (Å²) in [4.78, 5) is 48.6. The van der Waals surface area contributed by atoms with Crippen molar-refractivity contribution in [3.63, 3.8) is 0 Å². The zero-order chi connectivity index (χ0) is 24.1. The number of hydrogen-bond donors (Lipinski definition) is 7. The number of benzene rings is 1. The molecule has 0 saturated heterocycles. The molecule has 0 bridgehead atoms. The molecule has 0 spiro atoms. The van der Waals surface area contributed by atoms with Gasteiger partial charge in [0.15, 0.2) is 5.96 Å². The van der Waals surface area contributed by atoms with E-state index >= 15 is 0 Å². The lowest BCUT2D eigenvalue weighted by Crippen LogP contribution is -2.52. The smallest absolute Gasteiger partial charge is 0.243 e. The maximum absolute atomic E-state index is 12.6. The van der Waals surface area contributed by atoms with Gasteiger partial charge in [0, 0.05) is 18.9 Å². The molecular weight excluding hydrogens is 414 g/mol. The van der Waals surface area contributed by atoms with Crippen LogP contribution in [-0.2, 0) is 25.6 Å². The van der Waals surface area contributed by atoms with Crippen molar-refractivity contribution in [1.82, 2.24) is 21.3 Å². The van der Waals surface area contributed by atoms with Crippen LogP contribution in [-0.4, -0.2) is 54.8 Å². The minimum absolute atomic E-state index is 0.187. The van der Waals surface area contributed by atoms with Crippen LogP contribution in [0.15, 0.2) is 30.3 Å². The average molecular weight is 448 g/mol. The van der Waals surface area contributed by atoms with E-state index in [1.165, 1.54) is 0 Å². The van der Waals surface area contributed by atoms with Gasteiger partial charge in [0.25, 0.3) is 0 Å². The fraction of sp³-hybridized carbons (Fsp3) is 0.476. The number of carbonyl (C=O) groups is 4. The zero-order valence-corrected chi connectivity index (χ0v) is 18.4. The summed E-state index contributed by atoms with van der Waals surface area (Å²) >= 11 is 0. The molecule has 0 aliphatic rings. The topological polar surface area (TPSA) is 192 Å². The Morgan fingerprint density at radius 2 is 1.59 bits per heavy atom. The van der Waals surface area contributed by atoms with Crippen LogP contribution in [0.4, 0.5) is 0 Å². The van der Waals surface area contributed by atoms with E-state index in [-0.39, 0.29) is 37.2 Å². The molecular formula is C21H33N7O4. The number of nitrogens with one attached hydrogen (secondary N) is 5. The predicted octanol–water partition coefficient (Wildman–Crippen LogP) is -1.28. The molecule has 4 amide bonds. The molecule has 0 radical (unpaired) electrons. The first-order valence-electron chi connectivity index (χ1n) is 10.4. The van der Waals surface area contributed by atoms with Gasteiger partial charge in [0.05, 0.1) is 6.54 Å². The van der Waals surface area contributed by atoms with Crippen LogP contribution in [0.1, 0.15) is 32.3 Å². The van der Waals surface area contributed by atoms with Crippen molar-refractivity contribution in [1.29, 1.82) is 5.41 Å². The summed E-state index contributed by atoms with van der Waals surface area (Å²) in [5, 5.41) is 17.4. The molecule has 1 aromatic carbocycles. The second kappa shape index (κ2) is 13.6. The summed E-state index contributed by atoms with van der Waals surface area (Å²) in [7, 11) is 0. The predicted molar refractivity (Wildman–Crippen MR) is 120 cm³/mol. The number of amides is 4. The summed E-state index contributed by atoms with van der Waals surface area (Å²) in [5.74, 6) is -2.60. The van der Waals surface area contributed by atoms with Gasteiger partial charge in [0.2, 0.25) is 23.6 Å². The van der Waals surface area contributed by atoms with Crippen LogP contribution in [0, 0.1) is 11.3 Å². The molecule has 11 nitrogen and oxygen atoms in total. The molecule has 0 aliphatic carbocycles. The summed E-state index contributed by atoms with van der Waals surface area (Å²) in [6, 6.07) is 7.31. The molecule has 0 fully saturated rings. The molecule has 1 rings (SSSR count). The number of carbonyl (C=O) groups excluding carboxylic acids is 4. The lowest BCUT2D eigenvalue weighted by molar-refractivity contribution is -0.132. The Balaban J connectivity index is 2.62. The number of primary amides is 1. The minimum Gasteiger partial charge on any atom is -0.370 e. The highest BCUT2D eigenvalue weighted by molar-refractivity contribution is 5.92. The molecule has 9 N–H and O–H groups in total. The second-order valence-electron chi connectivity index (χ2n) is 7.63. The highest BCUT2D eigenvalue weighted by Gasteiger charge is 2.23. The Kier molecular flexibility index (Phi) is 11.2. The Bertz CT molecular complexity index is 799. The van der Waals surface area contributed by atoms with Gasteiger partial charge in [-0.1, -0.05) is 44.2 Å². The van der Waals surface area contributed by atoms with Crippen molar-refractivity contribution >= 4 is 29.6 Å². The Morgan fingerprint density at radius 1 is 0.938 bits per heavy atom. The van der Waals surface area contributed by atoms with Gasteiger partial charge in [-0.15, -0.1) is 0 Å².